The van der Waals surface area contributed by atoms with Crippen molar-refractivity contribution < 1.29 is 28.7 Å². The Balaban J connectivity index is 1.81. The second-order valence-electron chi connectivity index (χ2n) is 11.9. The van der Waals surface area contributed by atoms with Gasteiger partial charge in [0.1, 0.15) is 17.7 Å². The summed E-state index contributed by atoms with van der Waals surface area (Å²) in [7, 11) is 1.51. The molecule has 0 saturated heterocycles. The molecule has 0 spiro atoms. The van der Waals surface area contributed by atoms with Crippen LogP contribution in [0.5, 0.6) is 0 Å². The number of esters is 1. The lowest BCUT2D eigenvalue weighted by atomic mass is 9.99. The second kappa shape index (κ2) is 14.2. The van der Waals surface area contributed by atoms with Gasteiger partial charge in [-0.15, -0.1) is 0 Å². The van der Waals surface area contributed by atoms with Crippen molar-refractivity contribution in [2.45, 2.75) is 77.6 Å². The topological polar surface area (TPSA) is 134 Å². The van der Waals surface area contributed by atoms with E-state index >= 15 is 0 Å². The molecule has 2 aromatic carbocycles. The molecule has 0 aromatic heterocycles. The van der Waals surface area contributed by atoms with Crippen LogP contribution in [0.15, 0.2) is 54.6 Å². The Labute approximate surface area is 247 Å². The first-order chi connectivity index (χ1) is 19.8. The maximum Gasteiger partial charge on any atom is 0.323 e. The molecule has 0 aliphatic carbocycles. The van der Waals surface area contributed by atoms with E-state index < -0.39 is 47.4 Å². The van der Waals surface area contributed by atoms with Crippen molar-refractivity contribution in [1.82, 2.24) is 20.9 Å². The number of hydrogen-bond donors (Lipinski definition) is 3. The van der Waals surface area contributed by atoms with Gasteiger partial charge in [0.25, 0.3) is 11.8 Å². The van der Waals surface area contributed by atoms with Crippen LogP contribution in [0.4, 0.5) is 0 Å². The van der Waals surface area contributed by atoms with Crippen molar-refractivity contribution in [3.8, 4) is 0 Å². The molecule has 3 N–H and O–H groups in total. The number of rotatable bonds is 13. The number of amides is 4. The minimum Gasteiger partial charge on any atom is -0.459 e. The molecule has 2 aromatic rings. The van der Waals surface area contributed by atoms with Gasteiger partial charge in [-0.25, -0.2) is 0 Å². The lowest BCUT2D eigenvalue weighted by Gasteiger charge is -2.30. The highest BCUT2D eigenvalue weighted by Gasteiger charge is 2.37. The summed E-state index contributed by atoms with van der Waals surface area (Å²) in [6.07, 6.45) is 0.686. The maximum absolute atomic E-state index is 13.6. The molecular formula is C32H42N4O6. The Hall–Kier alpha value is -4.05. The summed E-state index contributed by atoms with van der Waals surface area (Å²) in [6.45, 7) is 9.06. The summed E-state index contributed by atoms with van der Waals surface area (Å²) < 4.78 is 5.65. The summed E-state index contributed by atoms with van der Waals surface area (Å²) in [5.41, 5.74) is 0.717. The van der Waals surface area contributed by atoms with Crippen molar-refractivity contribution in [2.24, 2.45) is 5.92 Å². The summed E-state index contributed by atoms with van der Waals surface area (Å²) in [4.78, 5) is 66.6. The van der Waals surface area contributed by atoms with Gasteiger partial charge in [0, 0.05) is 20.0 Å². The lowest BCUT2D eigenvalue weighted by molar-refractivity contribution is -0.158. The Bertz CT molecular complexity index is 1250. The van der Waals surface area contributed by atoms with Crippen molar-refractivity contribution in [1.29, 1.82) is 0 Å². The molecule has 1 aliphatic heterocycles. The molecule has 0 radical (unpaired) electrons. The molecule has 1 aliphatic rings. The predicted octanol–water partition coefficient (Wildman–Crippen LogP) is 2.86. The third-order valence-electron chi connectivity index (χ3n) is 6.80. The number of fused-ring (bicyclic) bond motifs is 1. The highest BCUT2D eigenvalue weighted by Crippen LogP contribution is 2.23. The van der Waals surface area contributed by atoms with Gasteiger partial charge in [-0.1, -0.05) is 56.3 Å². The van der Waals surface area contributed by atoms with Gasteiger partial charge >= 0.3 is 5.97 Å². The van der Waals surface area contributed by atoms with Crippen LogP contribution in [0.2, 0.25) is 0 Å². The van der Waals surface area contributed by atoms with Crippen LogP contribution in [0.3, 0.4) is 0 Å². The van der Waals surface area contributed by atoms with Crippen molar-refractivity contribution in [3.05, 3.63) is 71.3 Å². The van der Waals surface area contributed by atoms with Crippen molar-refractivity contribution in [2.75, 3.05) is 13.6 Å². The molecule has 1 heterocycles. The number of benzene rings is 2. The molecule has 42 heavy (non-hydrogen) atoms. The van der Waals surface area contributed by atoms with Crippen LogP contribution >= 0.6 is 0 Å². The lowest BCUT2D eigenvalue weighted by Crippen LogP contribution is -2.57. The zero-order valence-corrected chi connectivity index (χ0v) is 25.2. The van der Waals surface area contributed by atoms with Crippen LogP contribution in [0.1, 0.15) is 73.7 Å². The fraction of sp³-hybridized carbons (Fsp3) is 0.469. The highest BCUT2D eigenvalue weighted by molar-refractivity contribution is 6.21. The fourth-order valence-corrected chi connectivity index (χ4v) is 4.81. The molecule has 4 amide bonds. The monoisotopic (exact) mass is 578 g/mol. The standard InChI is InChI=1S/C32H42N4O6/c1-20(2)18-25(28(38)35-26(27(37)33-6)19-21-12-8-7-9-13-21)34-24(31(41)42-32(3,4)5)16-17-36-29(39)22-14-10-11-15-23(22)30(36)40/h7-15,20,24-26,34H,16-19H2,1-6H3,(H,33,37)(H,35,38)/t24-,25+,26+/m1/s1. The fourth-order valence-electron chi connectivity index (χ4n) is 4.81. The molecule has 10 heteroatoms. The van der Waals surface area contributed by atoms with Gasteiger partial charge < -0.3 is 15.4 Å². The van der Waals surface area contributed by atoms with E-state index in [2.05, 4.69) is 16.0 Å². The van der Waals surface area contributed by atoms with Crippen molar-refractivity contribution in [3.63, 3.8) is 0 Å². The van der Waals surface area contributed by atoms with E-state index in [4.69, 9.17) is 4.74 Å². The molecule has 0 fully saturated rings. The molecule has 0 saturated carbocycles. The first-order valence-electron chi connectivity index (χ1n) is 14.3. The molecular weight excluding hydrogens is 536 g/mol. The van der Waals surface area contributed by atoms with Gasteiger partial charge in [-0.05, 0) is 57.2 Å². The van der Waals surface area contributed by atoms with E-state index in [-0.39, 0.29) is 31.2 Å². The Morgan fingerprint density at radius 1 is 0.833 bits per heavy atom. The predicted molar refractivity (Wildman–Crippen MR) is 159 cm³/mol. The molecule has 3 atom stereocenters. The van der Waals surface area contributed by atoms with Crippen molar-refractivity contribution >= 4 is 29.6 Å². The minimum absolute atomic E-state index is 0.0329. The molecule has 10 nitrogen and oxygen atoms in total. The molecule has 3 rings (SSSR count). The number of likely N-dealkylation sites (N-methyl/N-ethyl adjacent to an activating group) is 1. The van der Waals surface area contributed by atoms with Gasteiger partial charge in [0.2, 0.25) is 11.8 Å². The third kappa shape index (κ3) is 8.72. The van der Waals surface area contributed by atoms with E-state index in [0.717, 1.165) is 10.5 Å². The number of imide groups is 1. The van der Waals surface area contributed by atoms with Gasteiger partial charge in [0.15, 0.2) is 0 Å². The zero-order chi connectivity index (χ0) is 31.0. The number of hydrogen-bond acceptors (Lipinski definition) is 7. The zero-order valence-electron chi connectivity index (χ0n) is 25.2. The van der Waals surface area contributed by atoms with Gasteiger partial charge in [-0.3, -0.25) is 34.2 Å². The van der Waals surface area contributed by atoms with Crippen LogP contribution in [0, 0.1) is 5.92 Å². The van der Waals surface area contributed by atoms with Crippen LogP contribution in [0.25, 0.3) is 0 Å². The normalized spacial score (nSPS) is 15.2. The first-order valence-corrected chi connectivity index (χ1v) is 14.3. The first kappa shape index (κ1) is 32.5. The van der Waals surface area contributed by atoms with E-state index in [0.29, 0.717) is 17.5 Å². The Kier molecular flexibility index (Phi) is 11.0. The average Bonchev–Trinajstić information content (AvgIpc) is 3.17. The van der Waals surface area contributed by atoms with Crippen LogP contribution in [-0.4, -0.2) is 71.8 Å². The van der Waals surface area contributed by atoms with Gasteiger partial charge in [0.05, 0.1) is 17.2 Å². The minimum atomic E-state index is -1.00. The quantitative estimate of drug-likeness (QED) is 0.246. The molecule has 226 valence electrons. The number of carbonyl (C=O) groups excluding carboxylic acids is 5. The van der Waals surface area contributed by atoms with Gasteiger partial charge in [-0.2, -0.15) is 0 Å². The highest BCUT2D eigenvalue weighted by atomic mass is 16.6. The average molecular weight is 579 g/mol. The number of carbonyl (C=O) groups is 5. The number of ether oxygens (including phenoxy) is 1. The molecule has 0 unspecified atom stereocenters. The summed E-state index contributed by atoms with van der Waals surface area (Å²) in [5.74, 6) is -2.18. The Morgan fingerprint density at radius 3 is 1.93 bits per heavy atom. The largest absolute Gasteiger partial charge is 0.459 e. The SMILES string of the molecule is CNC(=O)[C@H](Cc1ccccc1)NC(=O)[C@H](CC(C)C)N[C@H](CCN1C(=O)c2ccccc2C1=O)C(=O)OC(C)(C)C. The smallest absolute Gasteiger partial charge is 0.323 e. The summed E-state index contributed by atoms with van der Waals surface area (Å²) in [5, 5.41) is 8.60. The van der Waals surface area contributed by atoms with E-state index in [1.54, 1.807) is 45.0 Å². The van der Waals surface area contributed by atoms with Crippen LogP contribution in [-0.2, 0) is 25.5 Å². The summed E-state index contributed by atoms with van der Waals surface area (Å²) in [6, 6.07) is 13.2. The Morgan fingerprint density at radius 2 is 1.40 bits per heavy atom. The maximum atomic E-state index is 13.6. The second-order valence-corrected chi connectivity index (χ2v) is 11.9. The van der Waals surface area contributed by atoms with E-state index in [9.17, 15) is 24.0 Å². The molecule has 0 bridgehead atoms. The van der Waals surface area contributed by atoms with E-state index in [1.807, 2.05) is 44.2 Å². The van der Waals surface area contributed by atoms with Crippen LogP contribution < -0.4 is 16.0 Å². The third-order valence-corrected chi connectivity index (χ3v) is 6.80. The number of nitrogens with zero attached hydrogens (tertiary/aromatic N) is 1. The van der Waals surface area contributed by atoms with E-state index in [1.165, 1.54) is 7.05 Å². The summed E-state index contributed by atoms with van der Waals surface area (Å²) >= 11 is 0. The number of nitrogens with one attached hydrogen (secondary N) is 3.